The predicted molar refractivity (Wildman–Crippen MR) is 72.2 cm³/mol. The van der Waals surface area contributed by atoms with Crippen LogP contribution in [-0.4, -0.2) is 21.1 Å². The van der Waals surface area contributed by atoms with Crippen molar-refractivity contribution in [3.8, 4) is 0 Å². The van der Waals surface area contributed by atoms with Crippen LogP contribution in [0.15, 0.2) is 24.3 Å². The third kappa shape index (κ3) is 3.85. The van der Waals surface area contributed by atoms with Crippen LogP contribution >= 0.6 is 0 Å². The molecule has 1 aromatic carbocycles. The highest BCUT2D eigenvalue weighted by Gasteiger charge is 2.19. The molecule has 4 nitrogen and oxygen atoms in total. The molecule has 0 heterocycles. The van der Waals surface area contributed by atoms with Gasteiger partial charge in [0.25, 0.3) is 0 Å². The van der Waals surface area contributed by atoms with Gasteiger partial charge >= 0.3 is 0 Å². The van der Waals surface area contributed by atoms with Gasteiger partial charge in [-0.1, -0.05) is 19.1 Å². The molecule has 1 aromatic rings. The van der Waals surface area contributed by atoms with Crippen molar-refractivity contribution in [3.63, 3.8) is 0 Å². The number of nitrogen functional groups attached to an aromatic ring is 1. The number of para-hydroxylation sites is 2. The number of nitrogens with two attached hydrogens (primary N) is 1. The second-order valence-corrected chi connectivity index (χ2v) is 5.68. The molecule has 0 spiro atoms. The van der Waals surface area contributed by atoms with Crippen molar-refractivity contribution in [1.29, 1.82) is 0 Å². The Balaban J connectivity index is 2.67. The Labute approximate surface area is 104 Å². The Bertz CT molecular complexity index is 421. The summed E-state index contributed by atoms with van der Waals surface area (Å²) in [6.07, 6.45) is 0.803. The highest BCUT2D eigenvalue weighted by Crippen LogP contribution is 2.17. The van der Waals surface area contributed by atoms with E-state index in [0.29, 0.717) is 17.1 Å². The molecule has 94 valence electrons. The summed E-state index contributed by atoms with van der Waals surface area (Å²) in [5.74, 6) is 0.286. The summed E-state index contributed by atoms with van der Waals surface area (Å²) in [6.45, 7) is 3.61. The van der Waals surface area contributed by atoms with Gasteiger partial charge in [-0.15, -0.1) is 0 Å². The molecule has 3 N–H and O–H groups in total. The molecule has 0 saturated carbocycles. The number of rotatable bonds is 5. The molecule has 0 saturated heterocycles. The number of nitrogens with one attached hydrogen (secondary N) is 1. The van der Waals surface area contributed by atoms with Gasteiger partial charge in [-0.3, -0.25) is 9.00 Å². The summed E-state index contributed by atoms with van der Waals surface area (Å²) in [6, 6.07) is 7.02. The van der Waals surface area contributed by atoms with Gasteiger partial charge in [0, 0.05) is 16.6 Å². The minimum atomic E-state index is -1.13. The molecule has 1 amide bonds. The SMILES string of the molecule is CCCS(=O)C(C)C(=O)Nc1ccccc1N. The van der Waals surface area contributed by atoms with E-state index < -0.39 is 16.0 Å². The molecular weight excluding hydrogens is 236 g/mol. The van der Waals surface area contributed by atoms with Crippen molar-refractivity contribution in [1.82, 2.24) is 0 Å². The largest absolute Gasteiger partial charge is 0.397 e. The highest BCUT2D eigenvalue weighted by atomic mass is 32.2. The van der Waals surface area contributed by atoms with Crippen molar-refractivity contribution in [2.45, 2.75) is 25.5 Å². The van der Waals surface area contributed by atoms with Crippen molar-refractivity contribution in [3.05, 3.63) is 24.3 Å². The van der Waals surface area contributed by atoms with Gasteiger partial charge in [-0.05, 0) is 25.5 Å². The lowest BCUT2D eigenvalue weighted by atomic mass is 10.2. The number of benzene rings is 1. The maximum absolute atomic E-state index is 11.8. The number of hydrogen-bond acceptors (Lipinski definition) is 3. The molecule has 1 rings (SSSR count). The lowest BCUT2D eigenvalue weighted by molar-refractivity contribution is -0.115. The number of anilines is 2. The third-order valence-electron chi connectivity index (χ3n) is 2.39. The first-order valence-electron chi connectivity index (χ1n) is 5.58. The van der Waals surface area contributed by atoms with Gasteiger partial charge < -0.3 is 11.1 Å². The summed E-state index contributed by atoms with van der Waals surface area (Å²) in [5, 5.41) is 2.17. The lowest BCUT2D eigenvalue weighted by Crippen LogP contribution is -2.30. The topological polar surface area (TPSA) is 72.2 Å². The van der Waals surface area contributed by atoms with E-state index in [9.17, 15) is 9.00 Å². The Kier molecular flexibility index (Phi) is 5.15. The minimum Gasteiger partial charge on any atom is -0.397 e. The van der Waals surface area contributed by atoms with E-state index in [1.165, 1.54) is 0 Å². The van der Waals surface area contributed by atoms with Crippen molar-refractivity contribution >= 4 is 28.1 Å². The molecule has 2 unspecified atom stereocenters. The van der Waals surface area contributed by atoms with E-state index >= 15 is 0 Å². The summed E-state index contributed by atoms with van der Waals surface area (Å²) in [4.78, 5) is 11.8. The lowest BCUT2D eigenvalue weighted by Gasteiger charge is -2.12. The van der Waals surface area contributed by atoms with E-state index in [1.54, 1.807) is 31.2 Å². The summed E-state index contributed by atoms with van der Waals surface area (Å²) >= 11 is 0. The molecule has 0 radical (unpaired) electrons. The Morgan fingerprint density at radius 3 is 2.71 bits per heavy atom. The Hall–Kier alpha value is -1.36. The standard InChI is InChI=1S/C12H18N2O2S/c1-3-8-17(16)9(2)12(15)14-11-7-5-4-6-10(11)13/h4-7,9H,3,8,13H2,1-2H3,(H,14,15). The van der Waals surface area contributed by atoms with Gasteiger partial charge in [0.2, 0.25) is 5.91 Å². The molecule has 0 fully saturated rings. The van der Waals surface area contributed by atoms with Crippen LogP contribution in [0.2, 0.25) is 0 Å². The number of amides is 1. The quantitative estimate of drug-likeness (QED) is 0.786. The molecule has 0 aliphatic heterocycles. The zero-order valence-electron chi connectivity index (χ0n) is 10.1. The maximum atomic E-state index is 11.8. The molecule has 5 heteroatoms. The first-order valence-corrected chi connectivity index (χ1v) is 6.97. The molecular formula is C12H18N2O2S. The first-order chi connectivity index (χ1) is 8.06. The molecule has 0 aliphatic carbocycles. The number of carbonyl (C=O) groups excluding carboxylic acids is 1. The van der Waals surface area contributed by atoms with Gasteiger partial charge in [0.05, 0.1) is 11.4 Å². The monoisotopic (exact) mass is 254 g/mol. The van der Waals surface area contributed by atoms with E-state index in [2.05, 4.69) is 5.32 Å². The van der Waals surface area contributed by atoms with Crippen molar-refractivity contribution in [2.24, 2.45) is 0 Å². The molecule has 0 aromatic heterocycles. The third-order valence-corrected chi connectivity index (χ3v) is 4.20. The highest BCUT2D eigenvalue weighted by molar-refractivity contribution is 7.86. The summed E-state index contributed by atoms with van der Waals surface area (Å²) in [7, 11) is -1.13. The fourth-order valence-electron chi connectivity index (χ4n) is 1.34. The maximum Gasteiger partial charge on any atom is 0.239 e. The fraction of sp³-hybridized carbons (Fsp3) is 0.417. The zero-order valence-corrected chi connectivity index (χ0v) is 10.9. The summed E-state index contributed by atoms with van der Waals surface area (Å²) < 4.78 is 11.7. The second kappa shape index (κ2) is 6.39. The van der Waals surface area contributed by atoms with Gasteiger partial charge in [-0.25, -0.2) is 0 Å². The summed E-state index contributed by atoms with van der Waals surface area (Å²) in [5.41, 5.74) is 6.79. The fourth-order valence-corrected chi connectivity index (χ4v) is 2.40. The zero-order chi connectivity index (χ0) is 12.8. The molecule has 0 aliphatic rings. The Morgan fingerprint density at radius 1 is 1.47 bits per heavy atom. The molecule has 2 atom stereocenters. The second-order valence-electron chi connectivity index (χ2n) is 3.80. The van der Waals surface area contributed by atoms with E-state index in [1.807, 2.05) is 6.92 Å². The van der Waals surface area contributed by atoms with Crippen molar-refractivity contribution in [2.75, 3.05) is 16.8 Å². The van der Waals surface area contributed by atoms with Crippen LogP contribution in [0.3, 0.4) is 0 Å². The smallest absolute Gasteiger partial charge is 0.239 e. The molecule has 17 heavy (non-hydrogen) atoms. The van der Waals surface area contributed by atoms with E-state index in [4.69, 9.17) is 5.73 Å². The number of hydrogen-bond donors (Lipinski definition) is 2. The molecule has 0 bridgehead atoms. The number of carbonyl (C=O) groups is 1. The van der Waals surface area contributed by atoms with Crippen LogP contribution in [0.25, 0.3) is 0 Å². The minimum absolute atomic E-state index is 0.255. The van der Waals surface area contributed by atoms with Crippen LogP contribution < -0.4 is 11.1 Å². The van der Waals surface area contributed by atoms with Gasteiger partial charge in [0.1, 0.15) is 5.25 Å². The predicted octanol–water partition coefficient (Wildman–Crippen LogP) is 1.75. The van der Waals surface area contributed by atoms with Crippen LogP contribution in [0.5, 0.6) is 0 Å². The Morgan fingerprint density at radius 2 is 2.12 bits per heavy atom. The van der Waals surface area contributed by atoms with Crippen LogP contribution in [0.1, 0.15) is 20.3 Å². The van der Waals surface area contributed by atoms with Crippen LogP contribution in [0, 0.1) is 0 Å². The van der Waals surface area contributed by atoms with E-state index in [0.717, 1.165) is 6.42 Å². The van der Waals surface area contributed by atoms with Crippen LogP contribution in [-0.2, 0) is 15.6 Å². The van der Waals surface area contributed by atoms with Crippen molar-refractivity contribution < 1.29 is 9.00 Å². The van der Waals surface area contributed by atoms with E-state index in [-0.39, 0.29) is 5.91 Å². The van der Waals surface area contributed by atoms with Crippen LogP contribution in [0.4, 0.5) is 11.4 Å². The average Bonchev–Trinajstić information content (AvgIpc) is 2.31. The normalized spacial score (nSPS) is 14.0. The van der Waals surface area contributed by atoms with Gasteiger partial charge in [-0.2, -0.15) is 0 Å². The average molecular weight is 254 g/mol. The van der Waals surface area contributed by atoms with Gasteiger partial charge in [0.15, 0.2) is 0 Å². The first kappa shape index (κ1) is 13.7.